The van der Waals surface area contributed by atoms with Crippen molar-refractivity contribution in [1.29, 1.82) is 0 Å². The molecule has 4 heteroatoms. The van der Waals surface area contributed by atoms with Gasteiger partial charge in [-0.2, -0.15) is 0 Å². The van der Waals surface area contributed by atoms with Gasteiger partial charge in [0.1, 0.15) is 0 Å². The second-order valence-corrected chi connectivity index (χ2v) is 6.05. The van der Waals surface area contributed by atoms with E-state index in [1.807, 2.05) is 55.5 Å². The molecule has 1 aromatic heterocycles. The maximum absolute atomic E-state index is 11.7. The van der Waals surface area contributed by atoms with E-state index in [0.717, 1.165) is 23.3 Å². The molecule has 0 unspecified atom stereocenters. The third kappa shape index (κ3) is 4.83. The van der Waals surface area contributed by atoms with E-state index in [0.29, 0.717) is 11.5 Å². The maximum Gasteiger partial charge on any atom is 0.340 e. The molecule has 0 amide bonds. The van der Waals surface area contributed by atoms with Gasteiger partial charge in [-0.15, -0.1) is 11.3 Å². The van der Waals surface area contributed by atoms with Gasteiger partial charge in [-0.25, -0.2) is 4.79 Å². The molecule has 0 radical (unpaired) electrons. The van der Waals surface area contributed by atoms with Gasteiger partial charge in [-0.1, -0.05) is 49.8 Å². The van der Waals surface area contributed by atoms with Gasteiger partial charge in [-0.05, 0) is 30.2 Å². The normalized spacial score (nSPS) is 12.5. The zero-order valence-corrected chi connectivity index (χ0v) is 13.4. The molecule has 1 heterocycles. The maximum atomic E-state index is 11.7. The van der Waals surface area contributed by atoms with Crippen molar-refractivity contribution in [2.24, 2.45) is 0 Å². The Morgan fingerprint density at radius 2 is 2.00 bits per heavy atom. The number of aliphatic hydroxyl groups is 1. The highest BCUT2D eigenvalue weighted by atomic mass is 32.1. The van der Waals surface area contributed by atoms with Crippen molar-refractivity contribution in [3.05, 3.63) is 57.8 Å². The molecule has 0 aliphatic rings. The summed E-state index contributed by atoms with van der Waals surface area (Å²) < 4.78 is 5.04. The highest BCUT2D eigenvalue weighted by Crippen LogP contribution is 2.25. The van der Waals surface area contributed by atoms with Crippen LogP contribution in [0.3, 0.4) is 0 Å². The molecule has 1 atom stereocenters. The summed E-state index contributed by atoms with van der Waals surface area (Å²) in [4.78, 5) is 13.3. The first-order valence-electron chi connectivity index (χ1n) is 7.38. The lowest BCUT2D eigenvalue weighted by Crippen LogP contribution is -2.15. The first-order chi connectivity index (χ1) is 10.7. The van der Waals surface area contributed by atoms with Crippen LogP contribution in [0.15, 0.2) is 42.5 Å². The summed E-state index contributed by atoms with van der Waals surface area (Å²) in [5.41, 5.74) is 1.11. The number of carbonyl (C=O) groups is 1. The van der Waals surface area contributed by atoms with Crippen molar-refractivity contribution in [3.63, 3.8) is 0 Å². The van der Waals surface area contributed by atoms with Crippen molar-refractivity contribution >= 4 is 29.5 Å². The fourth-order valence-corrected chi connectivity index (χ4v) is 2.75. The van der Waals surface area contributed by atoms with Crippen LogP contribution in [0.25, 0.3) is 12.2 Å². The molecule has 22 heavy (non-hydrogen) atoms. The molecule has 3 nitrogen and oxygen atoms in total. The zero-order valence-electron chi connectivity index (χ0n) is 12.6. The van der Waals surface area contributed by atoms with Crippen molar-refractivity contribution < 1.29 is 14.6 Å². The first-order valence-corrected chi connectivity index (χ1v) is 8.20. The molecule has 2 rings (SSSR count). The molecule has 0 saturated carbocycles. The number of esters is 1. The monoisotopic (exact) mass is 316 g/mol. The second-order valence-electron chi connectivity index (χ2n) is 4.91. The predicted octanol–water partition coefficient (Wildman–Crippen LogP) is 4.30. The molecule has 1 aromatic carbocycles. The molecular weight excluding hydrogens is 296 g/mol. The van der Waals surface area contributed by atoms with E-state index in [2.05, 4.69) is 0 Å². The van der Waals surface area contributed by atoms with Gasteiger partial charge < -0.3 is 9.84 Å². The molecule has 0 saturated heterocycles. The van der Waals surface area contributed by atoms with Crippen molar-refractivity contribution in [1.82, 2.24) is 0 Å². The van der Waals surface area contributed by atoms with Crippen LogP contribution in [-0.4, -0.2) is 17.7 Å². The van der Waals surface area contributed by atoms with Crippen LogP contribution in [-0.2, 0) is 9.53 Å². The Kier molecular flexibility index (Phi) is 6.37. The van der Waals surface area contributed by atoms with Crippen LogP contribution in [0.5, 0.6) is 0 Å². The van der Waals surface area contributed by atoms with E-state index >= 15 is 0 Å². The predicted molar refractivity (Wildman–Crippen MR) is 90.5 cm³/mol. The standard InChI is InChI=1S/C18H20O3S/c1-2-3-13-21-18(20)17(19)16-12-11-15(22-16)10-9-14-7-5-4-6-8-14/h4-12,17,19H,2-3,13H2,1H3/b10-9+/t17-/m1/s1. The van der Waals surface area contributed by atoms with Gasteiger partial charge in [0.2, 0.25) is 0 Å². The second kappa shape index (κ2) is 8.51. The van der Waals surface area contributed by atoms with Gasteiger partial charge >= 0.3 is 5.97 Å². The lowest BCUT2D eigenvalue weighted by atomic mass is 10.2. The highest BCUT2D eigenvalue weighted by molar-refractivity contribution is 7.13. The summed E-state index contributed by atoms with van der Waals surface area (Å²) in [6.45, 7) is 2.38. The Morgan fingerprint density at radius 3 is 2.73 bits per heavy atom. The van der Waals surface area contributed by atoms with Crippen LogP contribution in [0.2, 0.25) is 0 Å². The molecule has 0 bridgehead atoms. The third-order valence-electron chi connectivity index (χ3n) is 3.12. The Balaban J connectivity index is 1.95. The summed E-state index contributed by atoms with van der Waals surface area (Å²) in [5, 5.41) is 10.00. The summed E-state index contributed by atoms with van der Waals surface area (Å²) in [6, 6.07) is 13.6. The number of ether oxygens (including phenoxy) is 1. The Morgan fingerprint density at radius 1 is 1.23 bits per heavy atom. The zero-order chi connectivity index (χ0) is 15.8. The van der Waals surface area contributed by atoms with E-state index < -0.39 is 12.1 Å². The summed E-state index contributed by atoms with van der Waals surface area (Å²) in [5.74, 6) is -0.575. The molecule has 116 valence electrons. The van der Waals surface area contributed by atoms with Gasteiger partial charge in [-0.3, -0.25) is 0 Å². The number of rotatable bonds is 7. The van der Waals surface area contributed by atoms with E-state index in [-0.39, 0.29) is 0 Å². The Hall–Kier alpha value is -1.91. The Labute approximate surface area is 134 Å². The minimum absolute atomic E-state index is 0.360. The summed E-state index contributed by atoms with van der Waals surface area (Å²) in [7, 11) is 0. The Bertz CT molecular complexity index is 616. The number of benzene rings is 1. The fraction of sp³-hybridized carbons (Fsp3) is 0.278. The number of hydrogen-bond acceptors (Lipinski definition) is 4. The number of aliphatic hydroxyl groups excluding tert-OH is 1. The van der Waals surface area contributed by atoms with Gasteiger partial charge in [0.05, 0.1) is 6.61 Å². The molecule has 0 fully saturated rings. The van der Waals surface area contributed by atoms with Gasteiger partial charge in [0.15, 0.2) is 6.10 Å². The van der Waals surface area contributed by atoms with E-state index in [1.165, 1.54) is 11.3 Å². The van der Waals surface area contributed by atoms with Crippen LogP contribution in [0.4, 0.5) is 0 Å². The van der Waals surface area contributed by atoms with Gasteiger partial charge in [0.25, 0.3) is 0 Å². The quantitative estimate of drug-likeness (QED) is 0.612. The average molecular weight is 316 g/mol. The smallest absolute Gasteiger partial charge is 0.340 e. The van der Waals surface area contributed by atoms with Crippen LogP contribution >= 0.6 is 11.3 Å². The average Bonchev–Trinajstić information content (AvgIpc) is 3.02. The lowest BCUT2D eigenvalue weighted by Gasteiger charge is -2.08. The van der Waals surface area contributed by atoms with Crippen molar-refractivity contribution in [2.75, 3.05) is 6.61 Å². The minimum Gasteiger partial charge on any atom is -0.463 e. The van der Waals surface area contributed by atoms with Crippen LogP contribution in [0, 0.1) is 0 Å². The topological polar surface area (TPSA) is 46.5 Å². The first kappa shape index (κ1) is 16.5. The largest absolute Gasteiger partial charge is 0.463 e. The molecule has 0 spiro atoms. The number of thiophene rings is 1. The molecular formula is C18H20O3S. The number of hydrogen-bond donors (Lipinski definition) is 1. The van der Waals surface area contributed by atoms with E-state index in [4.69, 9.17) is 4.74 Å². The van der Waals surface area contributed by atoms with E-state index in [1.54, 1.807) is 6.07 Å². The van der Waals surface area contributed by atoms with Crippen LogP contribution in [0.1, 0.15) is 41.2 Å². The highest BCUT2D eigenvalue weighted by Gasteiger charge is 2.20. The lowest BCUT2D eigenvalue weighted by molar-refractivity contribution is -0.153. The summed E-state index contributed by atoms with van der Waals surface area (Å²) >= 11 is 1.39. The molecule has 1 N–H and O–H groups in total. The molecule has 2 aromatic rings. The van der Waals surface area contributed by atoms with Gasteiger partial charge in [0, 0.05) is 9.75 Å². The van der Waals surface area contributed by atoms with Crippen molar-refractivity contribution in [2.45, 2.75) is 25.9 Å². The summed E-state index contributed by atoms with van der Waals surface area (Å²) in [6.07, 6.45) is 4.55. The van der Waals surface area contributed by atoms with E-state index in [9.17, 15) is 9.90 Å². The van der Waals surface area contributed by atoms with Crippen molar-refractivity contribution in [3.8, 4) is 0 Å². The fourth-order valence-electron chi connectivity index (χ4n) is 1.86. The number of carbonyl (C=O) groups excluding carboxylic acids is 1. The van der Waals surface area contributed by atoms with Crippen LogP contribution < -0.4 is 0 Å². The SMILES string of the molecule is CCCCOC(=O)[C@H](O)c1ccc(/C=C/c2ccccc2)s1. The molecule has 0 aliphatic heterocycles. The minimum atomic E-state index is -1.19. The number of unbranched alkanes of at least 4 members (excludes halogenated alkanes) is 1. The molecule has 0 aliphatic carbocycles. The third-order valence-corrected chi connectivity index (χ3v) is 4.23.